The predicted molar refractivity (Wildman–Crippen MR) is 81.8 cm³/mol. The maximum Gasteiger partial charge on any atom is 0.313 e. The Balaban J connectivity index is 2.00. The summed E-state index contributed by atoms with van der Waals surface area (Å²) in [5, 5.41) is 15.8. The van der Waals surface area contributed by atoms with E-state index in [2.05, 4.69) is 10.6 Å². The first kappa shape index (κ1) is 16.2. The van der Waals surface area contributed by atoms with E-state index in [4.69, 9.17) is 11.6 Å². The van der Waals surface area contributed by atoms with Gasteiger partial charge in [0.15, 0.2) is 0 Å². The maximum atomic E-state index is 11.9. The Hall–Kier alpha value is -2.15. The van der Waals surface area contributed by atoms with Gasteiger partial charge in [0.2, 0.25) is 0 Å². The van der Waals surface area contributed by atoms with Crippen molar-refractivity contribution in [3.8, 4) is 0 Å². The fraction of sp³-hybridized carbons (Fsp3) is 0.429. The molecule has 22 heavy (non-hydrogen) atoms. The number of nitrogens with zero attached hydrogens (tertiary/aromatic N) is 1. The van der Waals surface area contributed by atoms with Gasteiger partial charge in [0, 0.05) is 18.2 Å². The second-order valence-electron chi connectivity index (χ2n) is 5.18. The third kappa shape index (κ3) is 4.17. The van der Waals surface area contributed by atoms with E-state index in [9.17, 15) is 19.7 Å². The molecule has 0 aromatic heterocycles. The van der Waals surface area contributed by atoms with Crippen molar-refractivity contribution in [1.82, 2.24) is 5.32 Å². The van der Waals surface area contributed by atoms with Crippen LogP contribution in [0.1, 0.15) is 32.1 Å². The first-order valence-electron chi connectivity index (χ1n) is 7.03. The second kappa shape index (κ2) is 7.22. The van der Waals surface area contributed by atoms with E-state index in [1.54, 1.807) is 0 Å². The molecule has 1 aliphatic rings. The second-order valence-corrected chi connectivity index (χ2v) is 5.59. The molecule has 1 fully saturated rings. The number of rotatable bonds is 3. The molecule has 0 unspecified atom stereocenters. The minimum atomic E-state index is -0.882. The lowest BCUT2D eigenvalue weighted by molar-refractivity contribution is -0.384. The molecule has 118 valence electrons. The largest absolute Gasteiger partial charge is 0.345 e. The number of hydrogen-bond donors (Lipinski definition) is 2. The van der Waals surface area contributed by atoms with E-state index >= 15 is 0 Å². The van der Waals surface area contributed by atoms with Gasteiger partial charge in [-0.1, -0.05) is 30.9 Å². The first-order chi connectivity index (χ1) is 10.5. The number of nitrogens with one attached hydrogen (secondary N) is 2. The van der Waals surface area contributed by atoms with Gasteiger partial charge in [-0.15, -0.1) is 0 Å². The highest BCUT2D eigenvalue weighted by Crippen LogP contribution is 2.26. The van der Waals surface area contributed by atoms with Crippen LogP contribution in [-0.4, -0.2) is 22.8 Å². The summed E-state index contributed by atoms with van der Waals surface area (Å²) >= 11 is 5.87. The van der Waals surface area contributed by atoms with Gasteiger partial charge >= 0.3 is 11.8 Å². The molecule has 0 atom stereocenters. The van der Waals surface area contributed by atoms with Crippen molar-refractivity contribution < 1.29 is 14.5 Å². The predicted octanol–water partition coefficient (Wildman–Crippen LogP) is 2.64. The number of benzene rings is 1. The van der Waals surface area contributed by atoms with Crippen LogP contribution >= 0.6 is 11.6 Å². The molecule has 2 amide bonds. The molecule has 8 heteroatoms. The van der Waals surface area contributed by atoms with Crippen molar-refractivity contribution in [2.45, 2.75) is 38.1 Å². The third-order valence-electron chi connectivity index (χ3n) is 3.56. The SMILES string of the molecule is O=C(Nc1cc([N+](=O)[O-])ccc1Cl)C(=O)NC1CCCCC1. The highest BCUT2D eigenvalue weighted by atomic mass is 35.5. The number of amides is 2. The lowest BCUT2D eigenvalue weighted by atomic mass is 9.95. The van der Waals surface area contributed by atoms with Crippen LogP contribution in [-0.2, 0) is 9.59 Å². The van der Waals surface area contributed by atoms with Crippen LogP contribution in [0.2, 0.25) is 5.02 Å². The van der Waals surface area contributed by atoms with Crippen LogP contribution in [0.15, 0.2) is 18.2 Å². The highest BCUT2D eigenvalue weighted by Gasteiger charge is 2.21. The van der Waals surface area contributed by atoms with Crippen molar-refractivity contribution in [1.29, 1.82) is 0 Å². The molecule has 0 aliphatic heterocycles. The number of nitro benzene ring substituents is 1. The summed E-state index contributed by atoms with van der Waals surface area (Å²) in [5.41, 5.74) is -0.174. The zero-order valence-electron chi connectivity index (χ0n) is 11.8. The van der Waals surface area contributed by atoms with Crippen LogP contribution in [0, 0.1) is 10.1 Å². The molecule has 1 saturated carbocycles. The van der Waals surface area contributed by atoms with Crippen molar-refractivity contribution in [3.63, 3.8) is 0 Å². The summed E-state index contributed by atoms with van der Waals surface area (Å²) in [6, 6.07) is 3.65. The van der Waals surface area contributed by atoms with Gasteiger partial charge in [0.25, 0.3) is 5.69 Å². The Morgan fingerprint density at radius 1 is 1.18 bits per heavy atom. The third-order valence-corrected chi connectivity index (χ3v) is 3.89. The van der Waals surface area contributed by atoms with Gasteiger partial charge < -0.3 is 10.6 Å². The minimum absolute atomic E-state index is 0.00702. The molecular formula is C14H16ClN3O4. The van der Waals surface area contributed by atoms with Crippen LogP contribution in [0.5, 0.6) is 0 Å². The molecule has 1 aromatic rings. The van der Waals surface area contributed by atoms with Crippen LogP contribution in [0.4, 0.5) is 11.4 Å². The van der Waals surface area contributed by atoms with Crippen molar-refractivity contribution >= 4 is 34.8 Å². The van der Waals surface area contributed by atoms with Crippen LogP contribution in [0.3, 0.4) is 0 Å². The van der Waals surface area contributed by atoms with E-state index in [1.165, 1.54) is 12.1 Å². The van der Waals surface area contributed by atoms with Gasteiger partial charge in [-0.05, 0) is 18.9 Å². The number of carbonyl (C=O) groups excluding carboxylic acids is 2. The molecule has 2 rings (SSSR count). The Morgan fingerprint density at radius 2 is 1.86 bits per heavy atom. The Morgan fingerprint density at radius 3 is 2.50 bits per heavy atom. The molecule has 1 aromatic carbocycles. The molecule has 0 spiro atoms. The van der Waals surface area contributed by atoms with E-state index in [0.717, 1.165) is 38.2 Å². The zero-order chi connectivity index (χ0) is 16.1. The monoisotopic (exact) mass is 325 g/mol. The molecule has 0 heterocycles. The number of non-ortho nitro benzene ring substituents is 1. The van der Waals surface area contributed by atoms with Crippen molar-refractivity contribution in [3.05, 3.63) is 33.3 Å². The topological polar surface area (TPSA) is 101 Å². The van der Waals surface area contributed by atoms with E-state index in [0.29, 0.717) is 0 Å². The average Bonchev–Trinajstić information content (AvgIpc) is 2.50. The quantitative estimate of drug-likeness (QED) is 0.506. The number of anilines is 1. The van der Waals surface area contributed by atoms with Gasteiger partial charge in [-0.3, -0.25) is 19.7 Å². The highest BCUT2D eigenvalue weighted by molar-refractivity contribution is 6.41. The van der Waals surface area contributed by atoms with Gasteiger partial charge in [0.05, 0.1) is 15.6 Å². The van der Waals surface area contributed by atoms with Crippen molar-refractivity contribution in [2.24, 2.45) is 0 Å². The number of halogens is 1. The number of hydrogen-bond acceptors (Lipinski definition) is 4. The Bertz CT molecular complexity index is 600. The molecule has 7 nitrogen and oxygen atoms in total. The summed E-state index contributed by atoms with van der Waals surface area (Å²) in [4.78, 5) is 33.8. The Kier molecular flexibility index (Phi) is 5.32. The molecular weight excluding hydrogens is 310 g/mol. The van der Waals surface area contributed by atoms with E-state index in [1.807, 2.05) is 0 Å². The molecule has 0 bridgehead atoms. The fourth-order valence-electron chi connectivity index (χ4n) is 2.40. The maximum absolute atomic E-state index is 11.9. The molecule has 1 aliphatic carbocycles. The Labute approximate surface area is 132 Å². The first-order valence-corrected chi connectivity index (χ1v) is 7.41. The normalized spacial score (nSPS) is 15.1. The number of nitro groups is 1. The molecule has 0 radical (unpaired) electrons. The average molecular weight is 326 g/mol. The fourth-order valence-corrected chi connectivity index (χ4v) is 2.56. The summed E-state index contributed by atoms with van der Waals surface area (Å²) in [7, 11) is 0. The summed E-state index contributed by atoms with van der Waals surface area (Å²) in [6.07, 6.45) is 4.92. The van der Waals surface area contributed by atoms with E-state index in [-0.39, 0.29) is 22.4 Å². The van der Waals surface area contributed by atoms with Gasteiger partial charge in [0.1, 0.15) is 0 Å². The van der Waals surface area contributed by atoms with E-state index < -0.39 is 16.7 Å². The zero-order valence-corrected chi connectivity index (χ0v) is 12.6. The molecule has 0 saturated heterocycles. The lowest BCUT2D eigenvalue weighted by Crippen LogP contribution is -2.42. The van der Waals surface area contributed by atoms with Gasteiger partial charge in [-0.2, -0.15) is 0 Å². The summed E-state index contributed by atoms with van der Waals surface area (Å²) < 4.78 is 0. The van der Waals surface area contributed by atoms with Crippen molar-refractivity contribution in [2.75, 3.05) is 5.32 Å². The smallest absolute Gasteiger partial charge is 0.313 e. The molecule has 2 N–H and O–H groups in total. The summed E-state index contributed by atoms with van der Waals surface area (Å²) in [6.45, 7) is 0. The van der Waals surface area contributed by atoms with Crippen LogP contribution in [0.25, 0.3) is 0 Å². The lowest BCUT2D eigenvalue weighted by Gasteiger charge is -2.22. The standard InChI is InChI=1S/C14H16ClN3O4/c15-11-7-6-10(18(21)22)8-12(11)17-14(20)13(19)16-9-4-2-1-3-5-9/h6-9H,1-5H2,(H,16,19)(H,17,20). The van der Waals surface area contributed by atoms with Crippen LogP contribution < -0.4 is 10.6 Å². The van der Waals surface area contributed by atoms with Gasteiger partial charge in [-0.25, -0.2) is 0 Å². The minimum Gasteiger partial charge on any atom is -0.345 e. The number of carbonyl (C=O) groups is 2. The summed E-state index contributed by atoms with van der Waals surface area (Å²) in [5.74, 6) is -1.64.